The molecule has 0 amide bonds. The van der Waals surface area contributed by atoms with Crippen molar-refractivity contribution in [1.29, 1.82) is 5.41 Å². The van der Waals surface area contributed by atoms with Gasteiger partial charge < -0.3 is 15.0 Å². The first-order valence-corrected chi connectivity index (χ1v) is 5.79. The van der Waals surface area contributed by atoms with Gasteiger partial charge in [0.1, 0.15) is 11.6 Å². The van der Waals surface area contributed by atoms with E-state index in [2.05, 4.69) is 4.98 Å². The van der Waals surface area contributed by atoms with Gasteiger partial charge in [-0.1, -0.05) is 0 Å². The van der Waals surface area contributed by atoms with Crippen LogP contribution >= 0.6 is 0 Å². The molecule has 3 N–H and O–H groups in total. The minimum absolute atomic E-state index is 0.0710. The fourth-order valence-electron chi connectivity index (χ4n) is 1.59. The van der Waals surface area contributed by atoms with Crippen LogP contribution in [0.4, 0.5) is 0 Å². The number of hydrogen-bond donors (Lipinski definition) is 2. The summed E-state index contributed by atoms with van der Waals surface area (Å²) in [4.78, 5) is 3.98. The van der Waals surface area contributed by atoms with Crippen molar-refractivity contribution >= 4 is 5.84 Å². The van der Waals surface area contributed by atoms with E-state index in [1.807, 2.05) is 22.9 Å². The lowest BCUT2D eigenvalue weighted by atomic mass is 10.2. The Morgan fingerprint density at radius 2 is 2.11 bits per heavy atom. The highest BCUT2D eigenvalue weighted by Crippen LogP contribution is 2.12. The van der Waals surface area contributed by atoms with Crippen LogP contribution in [0.1, 0.15) is 12.0 Å². The lowest BCUT2D eigenvalue weighted by molar-refractivity contribution is 0.302. The number of hydrogen-bond acceptors (Lipinski definition) is 3. The van der Waals surface area contributed by atoms with Crippen LogP contribution in [0.25, 0.3) is 0 Å². The molecule has 94 valence electrons. The summed E-state index contributed by atoms with van der Waals surface area (Å²) in [5, 5.41) is 7.28. The van der Waals surface area contributed by atoms with Gasteiger partial charge in [0, 0.05) is 24.5 Å². The predicted molar refractivity (Wildman–Crippen MR) is 69.8 cm³/mol. The molecule has 2 rings (SSSR count). The molecule has 0 bridgehead atoms. The standard InChI is InChI=1S/C13H16N4O/c14-13(15)11-2-4-12(5-3-11)18-9-1-7-17-8-6-16-10-17/h2-6,8,10H,1,7,9H2,(H3,14,15). The molecule has 0 aliphatic rings. The number of aromatic nitrogens is 2. The van der Waals surface area contributed by atoms with E-state index in [0.717, 1.165) is 18.7 Å². The van der Waals surface area contributed by atoms with Crippen LogP contribution in [0.3, 0.4) is 0 Å². The van der Waals surface area contributed by atoms with Crippen molar-refractivity contribution in [2.45, 2.75) is 13.0 Å². The number of rotatable bonds is 6. The van der Waals surface area contributed by atoms with E-state index in [-0.39, 0.29) is 5.84 Å². The molecule has 1 aromatic heterocycles. The second kappa shape index (κ2) is 5.86. The number of nitrogens with one attached hydrogen (secondary N) is 1. The first-order chi connectivity index (χ1) is 8.75. The number of nitrogens with zero attached hydrogens (tertiary/aromatic N) is 2. The summed E-state index contributed by atoms with van der Waals surface area (Å²) < 4.78 is 7.61. The first-order valence-electron chi connectivity index (χ1n) is 5.79. The third kappa shape index (κ3) is 3.35. The van der Waals surface area contributed by atoms with Gasteiger partial charge in [0.25, 0.3) is 0 Å². The smallest absolute Gasteiger partial charge is 0.122 e. The van der Waals surface area contributed by atoms with Crippen LogP contribution in [0.2, 0.25) is 0 Å². The van der Waals surface area contributed by atoms with Gasteiger partial charge >= 0.3 is 0 Å². The summed E-state index contributed by atoms with van der Waals surface area (Å²) in [5.41, 5.74) is 6.08. The molecular formula is C13H16N4O. The summed E-state index contributed by atoms with van der Waals surface area (Å²) >= 11 is 0. The maximum absolute atomic E-state index is 7.28. The fraction of sp³-hybridized carbons (Fsp3) is 0.231. The van der Waals surface area contributed by atoms with Gasteiger partial charge in [-0.25, -0.2) is 4.98 Å². The van der Waals surface area contributed by atoms with E-state index < -0.39 is 0 Å². The number of imidazole rings is 1. The molecule has 0 fully saturated rings. The number of ether oxygens (including phenoxy) is 1. The topological polar surface area (TPSA) is 76.9 Å². The van der Waals surface area contributed by atoms with Gasteiger partial charge in [-0.05, 0) is 30.7 Å². The Morgan fingerprint density at radius 3 is 2.72 bits per heavy atom. The van der Waals surface area contributed by atoms with Gasteiger partial charge in [-0.15, -0.1) is 0 Å². The lowest BCUT2D eigenvalue weighted by Crippen LogP contribution is -2.10. The fourth-order valence-corrected chi connectivity index (χ4v) is 1.59. The van der Waals surface area contributed by atoms with Crippen LogP contribution in [-0.2, 0) is 6.54 Å². The van der Waals surface area contributed by atoms with Crippen LogP contribution in [0.5, 0.6) is 5.75 Å². The van der Waals surface area contributed by atoms with Crippen molar-refractivity contribution < 1.29 is 4.74 Å². The lowest BCUT2D eigenvalue weighted by Gasteiger charge is -2.07. The van der Waals surface area contributed by atoms with E-state index in [0.29, 0.717) is 12.2 Å². The zero-order valence-electron chi connectivity index (χ0n) is 10.0. The summed E-state index contributed by atoms with van der Waals surface area (Å²) in [6, 6.07) is 7.23. The van der Waals surface area contributed by atoms with Crippen LogP contribution in [0.15, 0.2) is 43.0 Å². The number of amidine groups is 1. The number of nitrogens with two attached hydrogens (primary N) is 1. The second-order valence-electron chi connectivity index (χ2n) is 3.94. The first kappa shape index (κ1) is 12.2. The second-order valence-corrected chi connectivity index (χ2v) is 3.94. The van der Waals surface area contributed by atoms with Crippen LogP contribution < -0.4 is 10.5 Å². The Balaban J connectivity index is 1.75. The molecule has 0 atom stereocenters. The molecule has 5 nitrogen and oxygen atoms in total. The van der Waals surface area contributed by atoms with Gasteiger partial charge in [0.2, 0.25) is 0 Å². The van der Waals surface area contributed by atoms with Gasteiger partial charge in [0.15, 0.2) is 0 Å². The Bertz CT molecular complexity index is 490. The summed E-state index contributed by atoms with van der Waals surface area (Å²) in [6.45, 7) is 1.54. The Morgan fingerprint density at radius 1 is 1.33 bits per heavy atom. The highest BCUT2D eigenvalue weighted by Gasteiger charge is 1.98. The van der Waals surface area contributed by atoms with Crippen LogP contribution in [-0.4, -0.2) is 22.0 Å². The molecule has 0 radical (unpaired) electrons. The maximum atomic E-state index is 7.28. The minimum atomic E-state index is 0.0710. The summed E-state index contributed by atoms with van der Waals surface area (Å²) in [7, 11) is 0. The number of benzene rings is 1. The number of aryl methyl sites for hydroxylation is 1. The van der Waals surface area contributed by atoms with Gasteiger partial charge in [0.05, 0.1) is 12.9 Å². The molecule has 0 saturated heterocycles. The molecule has 1 heterocycles. The SMILES string of the molecule is N=C(N)c1ccc(OCCCn2ccnc2)cc1. The van der Waals surface area contributed by atoms with E-state index in [4.69, 9.17) is 15.9 Å². The third-order valence-electron chi connectivity index (χ3n) is 2.55. The monoisotopic (exact) mass is 244 g/mol. The van der Waals surface area contributed by atoms with Crippen LogP contribution in [0, 0.1) is 5.41 Å². The average Bonchev–Trinajstić information content (AvgIpc) is 2.88. The molecule has 0 aliphatic carbocycles. The molecule has 5 heteroatoms. The van der Waals surface area contributed by atoms with E-state index in [9.17, 15) is 0 Å². The highest BCUT2D eigenvalue weighted by atomic mass is 16.5. The van der Waals surface area contributed by atoms with E-state index >= 15 is 0 Å². The van der Waals surface area contributed by atoms with E-state index in [1.165, 1.54) is 0 Å². The molecule has 1 aromatic carbocycles. The van der Waals surface area contributed by atoms with Crippen molar-refractivity contribution in [2.75, 3.05) is 6.61 Å². The van der Waals surface area contributed by atoms with Crippen molar-refractivity contribution in [3.63, 3.8) is 0 Å². The van der Waals surface area contributed by atoms with Gasteiger partial charge in [-0.3, -0.25) is 5.41 Å². The molecule has 0 saturated carbocycles. The zero-order valence-corrected chi connectivity index (χ0v) is 10.0. The molecule has 18 heavy (non-hydrogen) atoms. The quantitative estimate of drug-likeness (QED) is 0.460. The Labute approximate surface area is 106 Å². The highest BCUT2D eigenvalue weighted by molar-refractivity contribution is 5.94. The van der Waals surface area contributed by atoms with E-state index in [1.54, 1.807) is 24.7 Å². The molecule has 2 aromatic rings. The van der Waals surface area contributed by atoms with Gasteiger partial charge in [-0.2, -0.15) is 0 Å². The maximum Gasteiger partial charge on any atom is 0.122 e. The third-order valence-corrected chi connectivity index (χ3v) is 2.55. The largest absolute Gasteiger partial charge is 0.494 e. The van der Waals surface area contributed by atoms with Crippen molar-refractivity contribution in [2.24, 2.45) is 5.73 Å². The number of nitrogen functional groups attached to an aromatic ring is 1. The Kier molecular flexibility index (Phi) is 3.96. The average molecular weight is 244 g/mol. The molecule has 0 unspecified atom stereocenters. The van der Waals surface area contributed by atoms with Crippen molar-refractivity contribution in [1.82, 2.24) is 9.55 Å². The molecule has 0 spiro atoms. The molecular weight excluding hydrogens is 228 g/mol. The summed E-state index contributed by atoms with van der Waals surface area (Å²) in [6.07, 6.45) is 6.41. The molecule has 0 aliphatic heterocycles. The predicted octanol–water partition coefficient (Wildman–Crippen LogP) is 1.64. The normalized spacial score (nSPS) is 10.2. The zero-order chi connectivity index (χ0) is 12.8. The van der Waals surface area contributed by atoms with Crippen molar-refractivity contribution in [3.8, 4) is 5.75 Å². The van der Waals surface area contributed by atoms with Crippen molar-refractivity contribution in [3.05, 3.63) is 48.5 Å². The summed E-state index contributed by atoms with van der Waals surface area (Å²) in [5.74, 6) is 0.868. The minimum Gasteiger partial charge on any atom is -0.494 e. The Hall–Kier alpha value is -2.30.